The lowest BCUT2D eigenvalue weighted by atomic mass is 10.1. The van der Waals surface area contributed by atoms with E-state index in [2.05, 4.69) is 5.32 Å². The van der Waals surface area contributed by atoms with Crippen LogP contribution in [0.1, 0.15) is 24.9 Å². The molecule has 1 aliphatic heterocycles. The zero-order valence-corrected chi connectivity index (χ0v) is 14.6. The maximum atomic E-state index is 12.7. The van der Waals surface area contributed by atoms with E-state index in [4.69, 9.17) is 16.3 Å². The van der Waals surface area contributed by atoms with Crippen LogP contribution >= 0.6 is 11.6 Å². The number of ether oxygens (including phenoxy) is 1. The normalized spacial score (nSPS) is 15.8. The number of carbonyl (C=O) groups excluding carboxylic acids is 2. The van der Waals surface area contributed by atoms with Crippen molar-refractivity contribution in [1.82, 2.24) is 5.32 Å². The van der Waals surface area contributed by atoms with Crippen LogP contribution in [0.4, 0.5) is 5.69 Å². The topological polar surface area (TPSA) is 58.6 Å². The van der Waals surface area contributed by atoms with Crippen LogP contribution in [0.25, 0.3) is 0 Å². The average Bonchev–Trinajstić information content (AvgIpc) is 2.85. The maximum absolute atomic E-state index is 12.7. The molecule has 2 aromatic carbocycles. The van der Waals surface area contributed by atoms with E-state index in [1.807, 2.05) is 42.5 Å². The first kappa shape index (κ1) is 17.3. The summed E-state index contributed by atoms with van der Waals surface area (Å²) in [6, 6.07) is 14.2. The van der Waals surface area contributed by atoms with Crippen molar-refractivity contribution >= 4 is 29.1 Å². The van der Waals surface area contributed by atoms with Crippen molar-refractivity contribution in [3.8, 4) is 5.75 Å². The predicted octanol–water partition coefficient (Wildman–Crippen LogP) is 3.33. The lowest BCUT2D eigenvalue weighted by Gasteiger charge is -2.18. The van der Waals surface area contributed by atoms with Crippen LogP contribution in [-0.4, -0.2) is 25.0 Å². The van der Waals surface area contributed by atoms with Crippen molar-refractivity contribution in [2.75, 3.05) is 18.1 Å². The third-order valence-corrected chi connectivity index (χ3v) is 4.33. The monoisotopic (exact) mass is 358 g/mol. The zero-order valence-electron chi connectivity index (χ0n) is 13.9. The van der Waals surface area contributed by atoms with Gasteiger partial charge in [-0.15, -0.1) is 0 Å². The predicted molar refractivity (Wildman–Crippen MR) is 96.9 cm³/mol. The molecule has 0 fully saturated rings. The first-order valence-corrected chi connectivity index (χ1v) is 8.50. The Kier molecular flexibility index (Phi) is 5.24. The molecule has 130 valence electrons. The highest BCUT2D eigenvalue weighted by molar-refractivity contribution is 6.32. The van der Waals surface area contributed by atoms with Crippen molar-refractivity contribution in [2.24, 2.45) is 0 Å². The molecule has 1 atom stereocenters. The van der Waals surface area contributed by atoms with Gasteiger partial charge in [-0.05, 0) is 24.6 Å². The number of nitrogens with zero attached hydrogens (tertiary/aromatic N) is 1. The fourth-order valence-corrected chi connectivity index (χ4v) is 3.12. The molecule has 1 heterocycles. The van der Waals surface area contributed by atoms with Crippen molar-refractivity contribution in [3.05, 3.63) is 59.1 Å². The van der Waals surface area contributed by atoms with Crippen LogP contribution in [-0.2, 0) is 9.59 Å². The van der Waals surface area contributed by atoms with Gasteiger partial charge in [0.1, 0.15) is 11.8 Å². The Hall–Kier alpha value is -2.53. The van der Waals surface area contributed by atoms with Gasteiger partial charge >= 0.3 is 0 Å². The zero-order chi connectivity index (χ0) is 17.8. The lowest BCUT2D eigenvalue weighted by molar-refractivity contribution is -0.126. The van der Waals surface area contributed by atoms with Crippen molar-refractivity contribution in [3.63, 3.8) is 0 Å². The van der Waals surface area contributed by atoms with Gasteiger partial charge < -0.3 is 15.0 Å². The van der Waals surface area contributed by atoms with Crippen LogP contribution in [0.2, 0.25) is 5.02 Å². The summed E-state index contributed by atoms with van der Waals surface area (Å²) >= 11 is 6.06. The van der Waals surface area contributed by atoms with Crippen LogP contribution in [0.3, 0.4) is 0 Å². The number of nitrogens with one attached hydrogen (secondary N) is 1. The number of halogens is 1. The second-order valence-electron chi connectivity index (χ2n) is 5.81. The second kappa shape index (κ2) is 7.57. The molecule has 6 heteroatoms. The quantitative estimate of drug-likeness (QED) is 0.806. The summed E-state index contributed by atoms with van der Waals surface area (Å²) in [4.78, 5) is 25.8. The molecule has 1 unspecified atom stereocenters. The van der Waals surface area contributed by atoms with E-state index in [0.717, 1.165) is 11.3 Å². The van der Waals surface area contributed by atoms with E-state index in [0.29, 0.717) is 30.3 Å². The van der Waals surface area contributed by atoms with Gasteiger partial charge in [-0.3, -0.25) is 9.59 Å². The third-order valence-electron chi connectivity index (χ3n) is 4.02. The summed E-state index contributed by atoms with van der Waals surface area (Å²) in [6.45, 7) is 2.37. The minimum atomic E-state index is -0.613. The summed E-state index contributed by atoms with van der Waals surface area (Å²) in [6.07, 6.45) is 0.651. The molecule has 2 amide bonds. The molecule has 25 heavy (non-hydrogen) atoms. The smallest absolute Gasteiger partial charge is 0.254 e. The number of fused-ring (bicyclic) bond motifs is 1. The number of carbonyl (C=O) groups is 2. The van der Waals surface area contributed by atoms with E-state index in [9.17, 15) is 9.59 Å². The Morgan fingerprint density at radius 3 is 2.68 bits per heavy atom. The van der Waals surface area contributed by atoms with Gasteiger partial charge in [0.2, 0.25) is 5.91 Å². The van der Waals surface area contributed by atoms with Gasteiger partial charge in [-0.25, -0.2) is 0 Å². The van der Waals surface area contributed by atoms with Gasteiger partial charge in [0, 0.05) is 24.7 Å². The summed E-state index contributed by atoms with van der Waals surface area (Å²) in [5, 5.41) is 3.29. The lowest BCUT2D eigenvalue weighted by Crippen LogP contribution is -2.37. The highest BCUT2D eigenvalue weighted by atomic mass is 35.5. The molecule has 5 nitrogen and oxygen atoms in total. The van der Waals surface area contributed by atoms with Crippen LogP contribution in [0.5, 0.6) is 5.75 Å². The number of hydrogen-bond acceptors (Lipinski definition) is 3. The van der Waals surface area contributed by atoms with Crippen molar-refractivity contribution in [1.29, 1.82) is 0 Å². The first-order valence-electron chi connectivity index (χ1n) is 8.12. The van der Waals surface area contributed by atoms with Gasteiger partial charge in [-0.1, -0.05) is 41.9 Å². The largest absolute Gasteiger partial charge is 0.492 e. The standard InChI is InChI=1S/C19H19ClN2O3/c1-13(23)21-18-14-7-2-4-9-16(14)22(19(18)24)11-6-12-25-17-10-5-3-8-15(17)20/h2-5,7-10,18H,6,11-12H2,1H3,(H,21,23). The summed E-state index contributed by atoms with van der Waals surface area (Å²) in [5.41, 5.74) is 1.67. The highest BCUT2D eigenvalue weighted by Gasteiger charge is 2.37. The highest BCUT2D eigenvalue weighted by Crippen LogP contribution is 2.35. The van der Waals surface area contributed by atoms with E-state index in [-0.39, 0.29) is 11.8 Å². The number of hydrogen-bond donors (Lipinski definition) is 1. The minimum Gasteiger partial charge on any atom is -0.492 e. The number of para-hydroxylation sites is 2. The Morgan fingerprint density at radius 1 is 1.20 bits per heavy atom. The van der Waals surface area contributed by atoms with Gasteiger partial charge in [0.05, 0.1) is 11.6 Å². The van der Waals surface area contributed by atoms with Gasteiger partial charge in [0.15, 0.2) is 0 Å². The molecule has 1 N–H and O–H groups in total. The number of anilines is 1. The average molecular weight is 359 g/mol. The third kappa shape index (κ3) is 3.77. The number of rotatable bonds is 6. The molecule has 2 aromatic rings. The van der Waals surface area contributed by atoms with Crippen molar-refractivity contribution in [2.45, 2.75) is 19.4 Å². The molecular formula is C19H19ClN2O3. The maximum Gasteiger partial charge on any atom is 0.254 e. The van der Waals surface area contributed by atoms with Crippen molar-refractivity contribution < 1.29 is 14.3 Å². The minimum absolute atomic E-state index is 0.117. The molecule has 0 aliphatic carbocycles. The number of benzene rings is 2. The number of amides is 2. The Bertz CT molecular complexity index is 794. The van der Waals surface area contributed by atoms with Crippen LogP contribution < -0.4 is 15.0 Å². The molecule has 0 aromatic heterocycles. The molecule has 3 rings (SSSR count). The fraction of sp³-hybridized carbons (Fsp3) is 0.263. The fourth-order valence-electron chi connectivity index (χ4n) is 2.93. The van der Waals surface area contributed by atoms with E-state index in [1.54, 1.807) is 11.0 Å². The molecule has 0 saturated carbocycles. The first-order chi connectivity index (χ1) is 12.1. The molecular weight excluding hydrogens is 340 g/mol. The summed E-state index contributed by atoms with van der Waals surface area (Å²) in [7, 11) is 0. The molecule has 0 radical (unpaired) electrons. The molecule has 0 bridgehead atoms. The summed E-state index contributed by atoms with van der Waals surface area (Å²) < 4.78 is 5.67. The Labute approximate surface area is 151 Å². The summed E-state index contributed by atoms with van der Waals surface area (Å²) in [5.74, 6) is 0.291. The molecule has 0 spiro atoms. The van der Waals surface area contributed by atoms with Gasteiger partial charge in [-0.2, -0.15) is 0 Å². The van der Waals surface area contributed by atoms with Gasteiger partial charge in [0.25, 0.3) is 5.91 Å². The SMILES string of the molecule is CC(=O)NC1C(=O)N(CCCOc2ccccc2Cl)c2ccccc21. The second-order valence-corrected chi connectivity index (χ2v) is 6.22. The Morgan fingerprint density at radius 2 is 1.92 bits per heavy atom. The van der Waals surface area contributed by atoms with Crippen LogP contribution in [0, 0.1) is 0 Å². The molecule has 1 aliphatic rings. The van der Waals surface area contributed by atoms with Crippen LogP contribution in [0.15, 0.2) is 48.5 Å². The Balaban J connectivity index is 1.63. The van der Waals surface area contributed by atoms with E-state index >= 15 is 0 Å². The van der Waals surface area contributed by atoms with E-state index < -0.39 is 6.04 Å². The van der Waals surface area contributed by atoms with E-state index in [1.165, 1.54) is 6.92 Å². The molecule has 0 saturated heterocycles.